The summed E-state index contributed by atoms with van der Waals surface area (Å²) in [4.78, 5) is 17.7. The molecule has 0 spiro atoms. The maximum absolute atomic E-state index is 13.2. The van der Waals surface area contributed by atoms with Crippen molar-refractivity contribution in [2.24, 2.45) is 0 Å². The molecule has 1 aromatic carbocycles. The number of carbonyl (C=O) groups is 1. The summed E-state index contributed by atoms with van der Waals surface area (Å²) in [5.74, 6) is -0.270. The van der Waals surface area contributed by atoms with Gasteiger partial charge in [-0.05, 0) is 56.2 Å². The first-order valence-electron chi connectivity index (χ1n) is 8.83. The van der Waals surface area contributed by atoms with Gasteiger partial charge in [-0.25, -0.2) is 8.42 Å². The second-order valence-corrected chi connectivity index (χ2v) is 8.99. The summed E-state index contributed by atoms with van der Waals surface area (Å²) < 4.78 is 29.0. The van der Waals surface area contributed by atoms with Crippen molar-refractivity contribution in [1.82, 2.24) is 15.0 Å². The Hall–Kier alpha value is -1.90. The predicted molar refractivity (Wildman–Crippen MR) is 107 cm³/mol. The van der Waals surface area contributed by atoms with E-state index in [4.69, 9.17) is 0 Å². The van der Waals surface area contributed by atoms with Crippen molar-refractivity contribution >= 4 is 27.7 Å². The second kappa shape index (κ2) is 8.41. The average Bonchev–Trinajstić information content (AvgIpc) is 2.85. The molecular weight excluding hydrogens is 382 g/mol. The molecule has 0 saturated carbocycles. The third-order valence-electron chi connectivity index (χ3n) is 4.58. The van der Waals surface area contributed by atoms with Crippen LogP contribution in [0.25, 0.3) is 11.3 Å². The van der Waals surface area contributed by atoms with E-state index in [0.717, 1.165) is 23.3 Å². The van der Waals surface area contributed by atoms with E-state index < -0.39 is 16.1 Å². The van der Waals surface area contributed by atoms with E-state index in [9.17, 15) is 13.2 Å². The van der Waals surface area contributed by atoms with Gasteiger partial charge in [0, 0.05) is 23.2 Å². The Balaban J connectivity index is 2.06. The number of rotatable bonds is 5. The zero-order valence-corrected chi connectivity index (χ0v) is 17.0. The van der Waals surface area contributed by atoms with Crippen LogP contribution in [0.15, 0.2) is 46.3 Å². The molecule has 2 N–H and O–H groups in total. The van der Waals surface area contributed by atoms with Crippen LogP contribution < -0.4 is 10.0 Å². The fourth-order valence-corrected chi connectivity index (χ4v) is 5.29. The quantitative estimate of drug-likeness (QED) is 0.747. The third kappa shape index (κ3) is 4.34. The lowest BCUT2D eigenvalue weighted by molar-refractivity contribution is -0.122. The number of hydrogen-bond acceptors (Lipinski definition) is 5. The van der Waals surface area contributed by atoms with Crippen LogP contribution in [0.4, 0.5) is 0 Å². The molecule has 2 aromatic rings. The molecule has 1 saturated heterocycles. The highest BCUT2D eigenvalue weighted by Gasteiger charge is 2.29. The van der Waals surface area contributed by atoms with Gasteiger partial charge in [0.25, 0.3) is 0 Å². The SMILES string of the molecule is CSc1cccnc1-c1c(C)cccc1S(=O)(=O)N[C@@H]1CCCCNC1=O. The number of hydrogen-bond donors (Lipinski definition) is 2. The smallest absolute Gasteiger partial charge is 0.241 e. The first kappa shape index (κ1) is 19.9. The van der Waals surface area contributed by atoms with Crippen LogP contribution in [-0.2, 0) is 14.8 Å². The predicted octanol–water partition coefficient (Wildman–Crippen LogP) is 2.73. The molecule has 0 unspecified atom stereocenters. The maximum atomic E-state index is 13.2. The van der Waals surface area contributed by atoms with Crippen LogP contribution in [0, 0.1) is 6.92 Å². The number of aryl methyl sites for hydroxylation is 1. The molecule has 3 rings (SSSR count). The summed E-state index contributed by atoms with van der Waals surface area (Å²) in [6, 6.07) is 8.14. The fourth-order valence-electron chi connectivity index (χ4n) is 3.21. The Morgan fingerprint density at radius 3 is 2.81 bits per heavy atom. The van der Waals surface area contributed by atoms with Gasteiger partial charge in [0.05, 0.1) is 10.6 Å². The Kier molecular flexibility index (Phi) is 6.18. The van der Waals surface area contributed by atoms with Crippen molar-refractivity contribution in [2.75, 3.05) is 12.8 Å². The molecule has 1 aliphatic rings. The zero-order valence-electron chi connectivity index (χ0n) is 15.4. The number of pyridine rings is 1. The Morgan fingerprint density at radius 2 is 2.04 bits per heavy atom. The number of carbonyl (C=O) groups excluding carboxylic acids is 1. The van der Waals surface area contributed by atoms with Crippen LogP contribution >= 0.6 is 11.8 Å². The number of nitrogens with zero attached hydrogens (tertiary/aromatic N) is 1. The summed E-state index contributed by atoms with van der Waals surface area (Å²) in [7, 11) is -3.90. The summed E-state index contributed by atoms with van der Waals surface area (Å²) in [5.41, 5.74) is 2.02. The molecule has 2 heterocycles. The first-order chi connectivity index (χ1) is 12.9. The normalized spacial score (nSPS) is 18.0. The minimum atomic E-state index is -3.90. The monoisotopic (exact) mass is 405 g/mol. The van der Waals surface area contributed by atoms with Gasteiger partial charge in [0.15, 0.2) is 0 Å². The van der Waals surface area contributed by atoms with Crippen LogP contribution in [-0.4, -0.2) is 38.2 Å². The number of amides is 1. The molecule has 144 valence electrons. The molecule has 0 bridgehead atoms. The number of sulfonamides is 1. The Bertz CT molecular complexity index is 945. The molecule has 6 nitrogen and oxygen atoms in total. The van der Waals surface area contributed by atoms with Crippen LogP contribution in [0.5, 0.6) is 0 Å². The topological polar surface area (TPSA) is 88.2 Å². The van der Waals surface area contributed by atoms with Crippen molar-refractivity contribution < 1.29 is 13.2 Å². The largest absolute Gasteiger partial charge is 0.355 e. The molecule has 1 atom stereocenters. The lowest BCUT2D eigenvalue weighted by atomic mass is 10.1. The molecule has 1 fully saturated rings. The van der Waals surface area contributed by atoms with E-state index in [1.807, 2.05) is 31.4 Å². The Labute approximate surface area is 164 Å². The lowest BCUT2D eigenvalue weighted by Crippen LogP contribution is -2.45. The number of thioether (sulfide) groups is 1. The standard InChI is InChI=1S/C19H23N3O3S2/c1-13-7-5-10-16(17(13)18-15(26-2)9-6-12-20-18)27(24,25)22-14-8-3-4-11-21-19(14)23/h5-7,9-10,12,14,22H,3-4,8,11H2,1-2H3,(H,21,23)/t14-/m1/s1. The minimum Gasteiger partial charge on any atom is -0.355 e. The number of nitrogens with one attached hydrogen (secondary N) is 2. The van der Waals surface area contributed by atoms with Gasteiger partial charge in [-0.3, -0.25) is 9.78 Å². The molecule has 0 aliphatic carbocycles. The van der Waals surface area contributed by atoms with Crippen LogP contribution in [0.3, 0.4) is 0 Å². The van der Waals surface area contributed by atoms with Gasteiger partial charge >= 0.3 is 0 Å². The van der Waals surface area contributed by atoms with Gasteiger partial charge in [-0.1, -0.05) is 12.1 Å². The van der Waals surface area contributed by atoms with Crippen LogP contribution in [0.2, 0.25) is 0 Å². The molecule has 27 heavy (non-hydrogen) atoms. The number of benzene rings is 1. The summed E-state index contributed by atoms with van der Waals surface area (Å²) in [6.45, 7) is 2.45. The molecule has 1 amide bonds. The van der Waals surface area contributed by atoms with E-state index in [0.29, 0.717) is 24.2 Å². The maximum Gasteiger partial charge on any atom is 0.241 e. The minimum absolute atomic E-state index is 0.147. The van der Waals surface area contributed by atoms with Gasteiger partial charge in [0.1, 0.15) is 6.04 Å². The highest BCUT2D eigenvalue weighted by atomic mass is 32.2. The molecule has 8 heteroatoms. The fraction of sp³-hybridized carbons (Fsp3) is 0.368. The van der Waals surface area contributed by atoms with Crippen LogP contribution in [0.1, 0.15) is 24.8 Å². The summed E-state index contributed by atoms with van der Waals surface area (Å²) in [5, 5.41) is 2.76. The van der Waals surface area contributed by atoms with Crippen molar-refractivity contribution in [3.05, 3.63) is 42.1 Å². The second-order valence-electron chi connectivity index (χ2n) is 6.46. The molecule has 0 radical (unpaired) electrons. The van der Waals surface area contributed by atoms with E-state index in [2.05, 4.69) is 15.0 Å². The molecular formula is C19H23N3O3S2. The van der Waals surface area contributed by atoms with E-state index in [1.165, 1.54) is 11.8 Å². The van der Waals surface area contributed by atoms with Gasteiger partial charge < -0.3 is 5.32 Å². The highest BCUT2D eigenvalue weighted by Crippen LogP contribution is 2.35. The van der Waals surface area contributed by atoms with Gasteiger partial charge in [-0.2, -0.15) is 4.72 Å². The zero-order chi connectivity index (χ0) is 19.4. The lowest BCUT2D eigenvalue weighted by Gasteiger charge is -2.19. The summed E-state index contributed by atoms with van der Waals surface area (Å²) in [6.07, 6.45) is 5.73. The molecule has 1 aromatic heterocycles. The van der Waals surface area contributed by atoms with Crippen molar-refractivity contribution in [3.63, 3.8) is 0 Å². The van der Waals surface area contributed by atoms with E-state index >= 15 is 0 Å². The number of aromatic nitrogens is 1. The van der Waals surface area contributed by atoms with Gasteiger partial charge in [0.2, 0.25) is 15.9 Å². The van der Waals surface area contributed by atoms with Crippen molar-refractivity contribution in [2.45, 2.75) is 42.0 Å². The average molecular weight is 406 g/mol. The molecule has 1 aliphatic heterocycles. The van der Waals surface area contributed by atoms with Gasteiger partial charge in [-0.15, -0.1) is 11.8 Å². The Morgan fingerprint density at radius 1 is 1.22 bits per heavy atom. The van der Waals surface area contributed by atoms with E-state index in [-0.39, 0.29) is 10.8 Å². The first-order valence-corrected chi connectivity index (χ1v) is 11.5. The third-order valence-corrected chi connectivity index (χ3v) is 6.87. The van der Waals surface area contributed by atoms with E-state index in [1.54, 1.807) is 18.3 Å². The summed E-state index contributed by atoms with van der Waals surface area (Å²) >= 11 is 1.52. The van der Waals surface area contributed by atoms with Crippen molar-refractivity contribution in [1.29, 1.82) is 0 Å². The van der Waals surface area contributed by atoms with Crippen molar-refractivity contribution in [3.8, 4) is 11.3 Å². The highest BCUT2D eigenvalue weighted by molar-refractivity contribution is 7.98.